The number of halogens is 1. The highest BCUT2D eigenvalue weighted by Crippen LogP contribution is 2.34. The first-order chi connectivity index (χ1) is 13.4. The number of aliphatic hydroxyl groups is 1. The number of benzene rings is 1. The standard InChI is InChI=1S/C20H29N3O5.HI/c1-6-21-19(23-13-20(2,24)18-8-7-9-28-18)22-12-15-16(26-4)10-14(25-3)11-17(15)27-5;/h7-11,24H,6,12-13H2,1-5H3,(H2,21,22,23);1H. The van der Waals surface area contributed by atoms with Crippen LogP contribution < -0.4 is 24.8 Å². The summed E-state index contributed by atoms with van der Waals surface area (Å²) in [4.78, 5) is 4.59. The number of ether oxygens (including phenoxy) is 3. The minimum Gasteiger partial charge on any atom is -0.496 e. The number of methoxy groups -OCH3 is 3. The van der Waals surface area contributed by atoms with E-state index in [1.807, 2.05) is 6.92 Å². The molecule has 162 valence electrons. The largest absolute Gasteiger partial charge is 0.496 e. The number of nitrogens with one attached hydrogen (secondary N) is 2. The lowest BCUT2D eigenvalue weighted by Crippen LogP contribution is -2.44. The second kappa shape index (κ2) is 11.8. The first-order valence-electron chi connectivity index (χ1n) is 9.02. The molecule has 3 N–H and O–H groups in total. The lowest BCUT2D eigenvalue weighted by atomic mass is 10.0. The summed E-state index contributed by atoms with van der Waals surface area (Å²) in [6.07, 6.45) is 1.53. The van der Waals surface area contributed by atoms with Gasteiger partial charge in [-0.05, 0) is 26.0 Å². The van der Waals surface area contributed by atoms with Crippen molar-refractivity contribution < 1.29 is 23.7 Å². The van der Waals surface area contributed by atoms with Gasteiger partial charge in [0, 0.05) is 18.7 Å². The van der Waals surface area contributed by atoms with Crippen LogP contribution >= 0.6 is 24.0 Å². The Morgan fingerprint density at radius 3 is 2.28 bits per heavy atom. The van der Waals surface area contributed by atoms with E-state index in [1.54, 1.807) is 52.5 Å². The molecule has 0 saturated carbocycles. The number of guanidine groups is 1. The van der Waals surface area contributed by atoms with E-state index >= 15 is 0 Å². The van der Waals surface area contributed by atoms with E-state index < -0.39 is 5.60 Å². The molecule has 2 aromatic rings. The van der Waals surface area contributed by atoms with Crippen LogP contribution in [0.15, 0.2) is 39.9 Å². The van der Waals surface area contributed by atoms with Crippen LogP contribution in [0, 0.1) is 0 Å². The van der Waals surface area contributed by atoms with Crippen LogP contribution in [0.25, 0.3) is 0 Å². The highest BCUT2D eigenvalue weighted by Gasteiger charge is 2.26. The topological polar surface area (TPSA) is 97.5 Å². The van der Waals surface area contributed by atoms with E-state index in [0.29, 0.717) is 42.1 Å². The SMILES string of the molecule is CCNC(=NCc1c(OC)cc(OC)cc1OC)NCC(C)(O)c1ccco1.I. The second-order valence-corrected chi connectivity index (χ2v) is 6.31. The summed E-state index contributed by atoms with van der Waals surface area (Å²) in [5.74, 6) is 2.92. The fraction of sp³-hybridized carbons (Fsp3) is 0.450. The third kappa shape index (κ3) is 6.70. The smallest absolute Gasteiger partial charge is 0.191 e. The van der Waals surface area contributed by atoms with Crippen LogP contribution in [0.3, 0.4) is 0 Å². The Hall–Kier alpha value is -2.14. The molecular formula is C20H30IN3O5. The van der Waals surface area contributed by atoms with Gasteiger partial charge in [0.15, 0.2) is 5.96 Å². The number of hydrogen-bond acceptors (Lipinski definition) is 6. The molecule has 1 heterocycles. The Balaban J connectivity index is 0.00000420. The molecule has 0 radical (unpaired) electrons. The Morgan fingerprint density at radius 2 is 1.79 bits per heavy atom. The maximum atomic E-state index is 10.6. The molecule has 0 amide bonds. The van der Waals surface area contributed by atoms with Crippen molar-refractivity contribution in [1.29, 1.82) is 0 Å². The molecule has 0 spiro atoms. The Labute approximate surface area is 188 Å². The summed E-state index contributed by atoms with van der Waals surface area (Å²) in [5.41, 5.74) is -0.379. The molecule has 0 bridgehead atoms. The summed E-state index contributed by atoms with van der Waals surface area (Å²) in [6.45, 7) is 4.86. The third-order valence-corrected chi connectivity index (χ3v) is 4.21. The summed E-state index contributed by atoms with van der Waals surface area (Å²) in [5, 5.41) is 16.9. The Kier molecular flexibility index (Phi) is 10.1. The zero-order chi connectivity index (χ0) is 20.6. The average Bonchev–Trinajstić information content (AvgIpc) is 3.25. The number of furan rings is 1. The van der Waals surface area contributed by atoms with Crippen molar-refractivity contribution in [2.75, 3.05) is 34.4 Å². The molecule has 1 unspecified atom stereocenters. The molecule has 2 rings (SSSR count). The first kappa shape index (κ1) is 24.9. The monoisotopic (exact) mass is 519 g/mol. The van der Waals surface area contributed by atoms with Crippen molar-refractivity contribution in [2.24, 2.45) is 4.99 Å². The van der Waals surface area contributed by atoms with E-state index in [2.05, 4.69) is 15.6 Å². The fourth-order valence-electron chi connectivity index (χ4n) is 2.66. The van der Waals surface area contributed by atoms with Crippen LogP contribution in [-0.2, 0) is 12.1 Å². The molecule has 0 saturated heterocycles. The molecule has 1 aromatic heterocycles. The zero-order valence-corrected chi connectivity index (χ0v) is 19.8. The lowest BCUT2D eigenvalue weighted by Gasteiger charge is -2.23. The zero-order valence-electron chi connectivity index (χ0n) is 17.4. The van der Waals surface area contributed by atoms with Gasteiger partial charge in [-0.25, -0.2) is 4.99 Å². The maximum absolute atomic E-state index is 10.6. The third-order valence-electron chi connectivity index (χ3n) is 4.21. The summed E-state index contributed by atoms with van der Waals surface area (Å²) in [6, 6.07) is 7.05. The van der Waals surface area contributed by atoms with Crippen molar-refractivity contribution in [3.05, 3.63) is 41.9 Å². The molecule has 8 nitrogen and oxygen atoms in total. The fourth-order valence-corrected chi connectivity index (χ4v) is 2.66. The van der Waals surface area contributed by atoms with Crippen LogP contribution in [-0.4, -0.2) is 45.5 Å². The van der Waals surface area contributed by atoms with Crippen LogP contribution in [0.2, 0.25) is 0 Å². The van der Waals surface area contributed by atoms with E-state index in [0.717, 1.165) is 5.56 Å². The normalized spacial score (nSPS) is 13.1. The van der Waals surface area contributed by atoms with Crippen LogP contribution in [0.4, 0.5) is 0 Å². The summed E-state index contributed by atoms with van der Waals surface area (Å²) in [7, 11) is 4.76. The van der Waals surface area contributed by atoms with E-state index in [4.69, 9.17) is 18.6 Å². The average molecular weight is 519 g/mol. The van der Waals surface area contributed by atoms with Gasteiger partial charge in [0.2, 0.25) is 0 Å². The molecule has 9 heteroatoms. The molecule has 0 aliphatic carbocycles. The summed E-state index contributed by atoms with van der Waals surface area (Å²) < 4.78 is 21.5. The van der Waals surface area contributed by atoms with Gasteiger partial charge in [-0.1, -0.05) is 0 Å². The predicted molar refractivity (Wildman–Crippen MR) is 123 cm³/mol. The minimum absolute atomic E-state index is 0. The molecule has 1 aromatic carbocycles. The van der Waals surface area contributed by atoms with Gasteiger partial charge in [0.1, 0.15) is 28.6 Å². The van der Waals surface area contributed by atoms with E-state index in [-0.39, 0.29) is 30.5 Å². The Bertz CT molecular complexity index is 753. The highest BCUT2D eigenvalue weighted by atomic mass is 127. The quantitative estimate of drug-likeness (QED) is 0.266. The summed E-state index contributed by atoms with van der Waals surface area (Å²) >= 11 is 0. The molecule has 29 heavy (non-hydrogen) atoms. The van der Waals surface area contributed by atoms with Gasteiger partial charge in [-0.2, -0.15) is 0 Å². The first-order valence-corrected chi connectivity index (χ1v) is 9.02. The van der Waals surface area contributed by atoms with Crippen molar-refractivity contribution in [3.63, 3.8) is 0 Å². The van der Waals surface area contributed by atoms with Gasteiger partial charge in [-0.15, -0.1) is 24.0 Å². The number of nitrogens with zero attached hydrogens (tertiary/aromatic N) is 1. The van der Waals surface area contributed by atoms with Crippen molar-refractivity contribution >= 4 is 29.9 Å². The molecule has 0 aliphatic heterocycles. The molecule has 0 fully saturated rings. The molecule has 1 atom stereocenters. The van der Waals surface area contributed by atoms with Gasteiger partial charge in [0.25, 0.3) is 0 Å². The van der Waals surface area contributed by atoms with E-state index in [9.17, 15) is 5.11 Å². The number of aliphatic imine (C=N–C) groups is 1. The van der Waals surface area contributed by atoms with E-state index in [1.165, 1.54) is 6.26 Å². The highest BCUT2D eigenvalue weighted by molar-refractivity contribution is 14.0. The van der Waals surface area contributed by atoms with Crippen molar-refractivity contribution in [2.45, 2.75) is 26.0 Å². The lowest BCUT2D eigenvalue weighted by molar-refractivity contribution is 0.0386. The molecular weight excluding hydrogens is 489 g/mol. The van der Waals surface area contributed by atoms with Crippen molar-refractivity contribution in [3.8, 4) is 17.2 Å². The second-order valence-electron chi connectivity index (χ2n) is 6.31. The number of hydrogen-bond donors (Lipinski definition) is 3. The predicted octanol–water partition coefficient (Wildman–Crippen LogP) is 2.89. The van der Waals surface area contributed by atoms with Crippen molar-refractivity contribution in [1.82, 2.24) is 10.6 Å². The molecule has 0 aliphatic rings. The van der Waals surface area contributed by atoms with Gasteiger partial charge in [0.05, 0.1) is 46.2 Å². The van der Waals surface area contributed by atoms with Crippen LogP contribution in [0.5, 0.6) is 17.2 Å². The van der Waals surface area contributed by atoms with Gasteiger partial charge >= 0.3 is 0 Å². The minimum atomic E-state index is -1.17. The number of rotatable bonds is 9. The van der Waals surface area contributed by atoms with Gasteiger partial charge in [-0.3, -0.25) is 0 Å². The van der Waals surface area contributed by atoms with Gasteiger partial charge < -0.3 is 34.4 Å². The maximum Gasteiger partial charge on any atom is 0.191 e. The van der Waals surface area contributed by atoms with Crippen LogP contribution in [0.1, 0.15) is 25.2 Å². The Morgan fingerprint density at radius 1 is 1.14 bits per heavy atom.